The molecule has 1 unspecified atom stereocenters. The van der Waals surface area contributed by atoms with Crippen molar-refractivity contribution < 1.29 is 40.7 Å². The number of alkyl halides is 6. The fraction of sp³-hybridized carbons (Fsp3) is 0.452. The van der Waals surface area contributed by atoms with Crippen LogP contribution in [0.4, 0.5) is 32.0 Å². The summed E-state index contributed by atoms with van der Waals surface area (Å²) in [5.41, 5.74) is 1.07. The number of nitrogens with zero attached hydrogens (tertiary/aromatic N) is 3. The van der Waals surface area contributed by atoms with Crippen LogP contribution in [-0.2, 0) is 29.4 Å². The summed E-state index contributed by atoms with van der Waals surface area (Å²) in [6, 6.07) is 15.2. The fourth-order valence-electron chi connectivity index (χ4n) is 8.51. The molecule has 4 aromatic rings. The quantitative estimate of drug-likeness (QED) is 0.125. The van der Waals surface area contributed by atoms with Gasteiger partial charge in [0.1, 0.15) is 11.8 Å². The van der Waals surface area contributed by atoms with Gasteiger partial charge in [-0.1, -0.05) is 36.4 Å². The Labute approximate surface area is 326 Å². The number of hydrogen-bond acceptors (Lipinski definition) is 7. The lowest BCUT2D eigenvalue weighted by atomic mass is 9.85. The number of carbonyl (C=O) groups is 2. The van der Waals surface area contributed by atoms with Crippen molar-refractivity contribution in [3.63, 3.8) is 0 Å². The summed E-state index contributed by atoms with van der Waals surface area (Å²) in [5.74, 6) is -1.05. The lowest BCUT2D eigenvalue weighted by Crippen LogP contribution is -2.47. The van der Waals surface area contributed by atoms with Gasteiger partial charge in [0.15, 0.2) is 0 Å². The molecule has 304 valence electrons. The first kappa shape index (κ1) is 40.3. The lowest BCUT2D eigenvalue weighted by Gasteiger charge is -2.36. The van der Waals surface area contributed by atoms with E-state index in [1.807, 2.05) is 0 Å². The van der Waals surface area contributed by atoms with Gasteiger partial charge >= 0.3 is 12.5 Å². The summed E-state index contributed by atoms with van der Waals surface area (Å²) in [4.78, 5) is 40.7. The van der Waals surface area contributed by atoms with Crippen LogP contribution in [0.25, 0.3) is 21.9 Å². The number of piperidine rings is 3. The van der Waals surface area contributed by atoms with Crippen LogP contribution in [0.1, 0.15) is 67.6 Å². The van der Waals surface area contributed by atoms with Crippen LogP contribution in [0.5, 0.6) is 5.75 Å². The minimum absolute atomic E-state index is 0.117. The first-order chi connectivity index (χ1) is 27.1. The molecule has 15 heteroatoms. The van der Waals surface area contributed by atoms with Gasteiger partial charge in [0.05, 0.1) is 5.56 Å². The van der Waals surface area contributed by atoms with E-state index in [1.165, 1.54) is 16.7 Å². The molecule has 57 heavy (non-hydrogen) atoms. The number of ether oxygens (including phenoxy) is 1. The molecule has 0 saturated carbocycles. The van der Waals surface area contributed by atoms with Crippen molar-refractivity contribution in [2.24, 2.45) is 13.0 Å². The molecule has 3 saturated heterocycles. The van der Waals surface area contributed by atoms with E-state index in [0.29, 0.717) is 72.4 Å². The molecular weight excluding hydrogens is 752 g/mol. The SMILES string of the molecule is Cn1cc(-c2ccc(CN3CCC(CCN4CCC(c5ccc(NC6CCC(=O)NC6=O)cc5C(F)(F)F)CC4)CC3)c(OC(F)(F)F)c2)c2ccccc2c1=O. The summed E-state index contributed by atoms with van der Waals surface area (Å²) in [7, 11) is 1.61. The van der Waals surface area contributed by atoms with E-state index in [0.717, 1.165) is 31.9 Å². The number of pyridine rings is 1. The van der Waals surface area contributed by atoms with E-state index in [1.54, 1.807) is 55.7 Å². The van der Waals surface area contributed by atoms with Gasteiger partial charge in [-0.2, -0.15) is 13.2 Å². The van der Waals surface area contributed by atoms with Gasteiger partial charge in [-0.3, -0.25) is 24.6 Å². The molecule has 9 nitrogen and oxygen atoms in total. The summed E-state index contributed by atoms with van der Waals surface area (Å²) in [5, 5.41) is 6.18. The molecule has 0 spiro atoms. The molecule has 0 bridgehead atoms. The predicted octanol–water partition coefficient (Wildman–Crippen LogP) is 7.82. The van der Waals surface area contributed by atoms with E-state index in [2.05, 4.69) is 25.2 Å². The number of hydrogen-bond donors (Lipinski definition) is 2. The molecular formula is C42H45F6N5O4. The van der Waals surface area contributed by atoms with Gasteiger partial charge in [-0.05, 0) is 124 Å². The Hall–Kier alpha value is -4.89. The number of aromatic nitrogens is 1. The number of benzene rings is 3. The Bertz CT molecular complexity index is 2170. The second-order valence-electron chi connectivity index (χ2n) is 15.4. The van der Waals surface area contributed by atoms with Crippen molar-refractivity contribution in [3.05, 3.63) is 93.9 Å². The van der Waals surface area contributed by atoms with E-state index in [4.69, 9.17) is 0 Å². The Morgan fingerprint density at radius 1 is 0.825 bits per heavy atom. The number of nitrogens with one attached hydrogen (secondary N) is 2. The monoisotopic (exact) mass is 797 g/mol. The van der Waals surface area contributed by atoms with Crippen LogP contribution in [-0.4, -0.2) is 71.3 Å². The zero-order valence-electron chi connectivity index (χ0n) is 31.5. The average Bonchev–Trinajstić information content (AvgIpc) is 3.17. The molecule has 2 amide bonds. The second kappa shape index (κ2) is 16.5. The fourth-order valence-corrected chi connectivity index (χ4v) is 8.51. The number of halogens is 6. The first-order valence-corrected chi connectivity index (χ1v) is 19.3. The molecule has 3 aliphatic rings. The smallest absolute Gasteiger partial charge is 0.405 e. The lowest BCUT2D eigenvalue weighted by molar-refractivity contribution is -0.275. The molecule has 3 fully saturated rings. The zero-order valence-corrected chi connectivity index (χ0v) is 31.5. The van der Waals surface area contributed by atoms with Crippen molar-refractivity contribution >= 4 is 28.3 Å². The van der Waals surface area contributed by atoms with Crippen LogP contribution >= 0.6 is 0 Å². The van der Waals surface area contributed by atoms with Gasteiger partial charge in [-0.15, -0.1) is 13.2 Å². The minimum atomic E-state index is -4.89. The van der Waals surface area contributed by atoms with Crippen molar-refractivity contribution in [3.8, 4) is 16.9 Å². The summed E-state index contributed by atoms with van der Waals surface area (Å²) >= 11 is 0. The Morgan fingerprint density at radius 2 is 1.53 bits per heavy atom. The maximum absolute atomic E-state index is 14.3. The summed E-state index contributed by atoms with van der Waals surface area (Å²) < 4.78 is 89.6. The van der Waals surface area contributed by atoms with Crippen molar-refractivity contribution in [1.82, 2.24) is 19.7 Å². The number of rotatable bonds is 10. The Kier molecular flexibility index (Phi) is 11.7. The highest BCUT2D eigenvalue weighted by Gasteiger charge is 2.37. The first-order valence-electron chi connectivity index (χ1n) is 19.3. The van der Waals surface area contributed by atoms with Crippen LogP contribution in [0, 0.1) is 5.92 Å². The van der Waals surface area contributed by atoms with Gasteiger partial charge in [-0.25, -0.2) is 0 Å². The number of anilines is 1. The van der Waals surface area contributed by atoms with E-state index in [-0.39, 0.29) is 47.9 Å². The van der Waals surface area contributed by atoms with Crippen molar-refractivity contribution in [2.45, 2.75) is 76.0 Å². The number of amides is 2. The average molecular weight is 798 g/mol. The predicted molar refractivity (Wildman–Crippen MR) is 204 cm³/mol. The maximum atomic E-state index is 14.3. The second-order valence-corrected chi connectivity index (χ2v) is 15.4. The van der Waals surface area contributed by atoms with Gasteiger partial charge in [0, 0.05) is 48.4 Å². The Balaban J connectivity index is 0.922. The van der Waals surface area contributed by atoms with Crippen LogP contribution in [0.2, 0.25) is 0 Å². The standard InChI is InChI=1S/C42H45F6N5O4/c1-51-25-34(32-4-2-3-5-33(32)40(51)56)28-6-7-29(37(22-28)57-42(46,47)48)24-53-18-13-26(14-19-53)12-17-52-20-15-27(16-21-52)31-9-8-30(23-35(31)41(43,44)45)49-36-10-11-38(54)50-39(36)55/h2-9,22-23,25-27,36,49H,10-21,24H2,1H3,(H,50,54,55). The molecule has 7 rings (SSSR count). The molecule has 1 atom stereocenters. The van der Waals surface area contributed by atoms with Gasteiger partial charge in [0.25, 0.3) is 5.56 Å². The molecule has 3 aromatic carbocycles. The number of fused-ring (bicyclic) bond motifs is 1. The molecule has 3 aliphatic heterocycles. The molecule has 0 radical (unpaired) electrons. The third kappa shape index (κ3) is 9.63. The zero-order chi connectivity index (χ0) is 40.5. The highest BCUT2D eigenvalue weighted by molar-refractivity contribution is 6.01. The number of likely N-dealkylation sites (tertiary alicyclic amines) is 2. The minimum Gasteiger partial charge on any atom is -0.405 e. The molecule has 0 aliphatic carbocycles. The van der Waals surface area contributed by atoms with Crippen LogP contribution in [0.15, 0.2) is 71.7 Å². The van der Waals surface area contributed by atoms with Crippen LogP contribution in [0.3, 0.4) is 0 Å². The highest BCUT2D eigenvalue weighted by atomic mass is 19.4. The van der Waals surface area contributed by atoms with Crippen LogP contribution < -0.4 is 20.9 Å². The maximum Gasteiger partial charge on any atom is 0.573 e. The Morgan fingerprint density at radius 3 is 2.21 bits per heavy atom. The number of aryl methyl sites for hydroxylation is 1. The third-order valence-electron chi connectivity index (χ3n) is 11.6. The normalized spacial score (nSPS) is 19.5. The highest BCUT2D eigenvalue weighted by Crippen LogP contribution is 2.41. The number of imide groups is 1. The summed E-state index contributed by atoms with van der Waals surface area (Å²) in [6.45, 7) is 3.87. The van der Waals surface area contributed by atoms with E-state index in [9.17, 15) is 40.7 Å². The van der Waals surface area contributed by atoms with Crippen molar-refractivity contribution in [1.29, 1.82) is 0 Å². The van der Waals surface area contributed by atoms with Crippen molar-refractivity contribution in [2.75, 3.05) is 38.0 Å². The van der Waals surface area contributed by atoms with E-state index >= 15 is 0 Å². The van der Waals surface area contributed by atoms with Gasteiger partial charge < -0.3 is 19.5 Å². The summed E-state index contributed by atoms with van der Waals surface area (Å²) in [6.07, 6.45) is -3.65. The molecule has 2 N–H and O–H groups in total. The molecule has 1 aromatic heterocycles. The third-order valence-corrected chi connectivity index (χ3v) is 11.6. The number of carbonyl (C=O) groups excluding carboxylic acids is 2. The van der Waals surface area contributed by atoms with Gasteiger partial charge in [0.2, 0.25) is 11.8 Å². The van der Waals surface area contributed by atoms with E-state index < -0.39 is 36.0 Å². The topological polar surface area (TPSA) is 95.9 Å². The molecule has 4 heterocycles. The largest absolute Gasteiger partial charge is 0.573 e.